The van der Waals surface area contributed by atoms with E-state index in [4.69, 9.17) is 15.4 Å². The Balaban J connectivity index is -0.000000963. The smallest absolute Gasteiger partial charge is 0.107 e. The van der Waals surface area contributed by atoms with Crippen LogP contribution in [0.4, 0.5) is 0 Å². The van der Waals surface area contributed by atoms with E-state index in [2.05, 4.69) is 10.0 Å². The average molecular weight is 926 g/mol. The molecule has 1 rings (SSSR count). The van der Waals surface area contributed by atoms with Crippen molar-refractivity contribution >= 4 is 0 Å². The van der Waals surface area contributed by atoms with Gasteiger partial charge >= 0.3 is 0 Å². The number of aliphatic hydroxyl groups excluding tert-OH is 3. The third kappa shape index (κ3) is 7.57. The third-order valence-corrected chi connectivity index (χ3v) is 2.93. The van der Waals surface area contributed by atoms with E-state index in [-0.39, 0.29) is 132 Å². The maximum atomic E-state index is 10.0. The summed E-state index contributed by atoms with van der Waals surface area (Å²) in [6.45, 7) is 5.19. The van der Waals surface area contributed by atoms with Crippen LogP contribution in [-0.2, 0) is 4.74 Å². The van der Waals surface area contributed by atoms with Crippen LogP contribution in [0, 0.1) is 138 Å². The zero-order valence-corrected chi connectivity index (χ0v) is 26.2. The predicted octanol–water partition coefficient (Wildman–Crippen LogP) is 0.193. The topological polar surface area (TPSA) is 119 Å². The molecule has 0 saturated carbocycles. The van der Waals surface area contributed by atoms with Crippen molar-refractivity contribution in [2.24, 2.45) is 10.5 Å². The van der Waals surface area contributed by atoms with E-state index in [9.17, 15) is 10.2 Å². The molecule has 10 heteroatoms. The molecule has 1 aliphatic heterocycles. The Bertz CT molecular complexity index is 323. The second-order valence-corrected chi connectivity index (χ2v) is 5.32. The molecule has 1 aliphatic rings. The molecular weight excluding hydrogens is 907 g/mol. The van der Waals surface area contributed by atoms with Crippen molar-refractivity contribution in [1.29, 1.82) is 0 Å². The molecule has 0 aromatic heterocycles. The summed E-state index contributed by atoms with van der Waals surface area (Å²) in [7, 11) is 0. The van der Waals surface area contributed by atoms with Crippen LogP contribution in [0.5, 0.6) is 0 Å². The SMILES string of the molecule is CC(C)(C)[C@@H]1O[C@H](CO)[C@@H](O)[C@H](N=[N+]=[N-])[C@H]1O.[Ac].[Ac].[Ac]. The van der Waals surface area contributed by atoms with Crippen molar-refractivity contribution in [3.8, 4) is 0 Å². The van der Waals surface area contributed by atoms with E-state index in [1.165, 1.54) is 0 Å². The van der Waals surface area contributed by atoms with Crippen LogP contribution in [0.1, 0.15) is 20.8 Å². The number of rotatable bonds is 2. The summed E-state index contributed by atoms with van der Waals surface area (Å²) in [4.78, 5) is 2.61. The van der Waals surface area contributed by atoms with Gasteiger partial charge in [-0.1, -0.05) is 25.9 Å². The maximum Gasteiger partial charge on any atom is 0.107 e. The fraction of sp³-hybridized carbons (Fsp3) is 1.00. The van der Waals surface area contributed by atoms with Crippen LogP contribution in [0.3, 0.4) is 0 Å². The molecule has 0 amide bonds. The molecule has 0 aromatic rings. The molecule has 0 bridgehead atoms. The molecule has 7 nitrogen and oxygen atoms in total. The van der Waals surface area contributed by atoms with Gasteiger partial charge in [-0.05, 0) is 10.9 Å². The van der Waals surface area contributed by atoms with Gasteiger partial charge in [-0.2, -0.15) is 0 Å². The first-order valence-corrected chi connectivity index (χ1v) is 5.49. The van der Waals surface area contributed by atoms with E-state index in [0.717, 1.165) is 0 Å². The fourth-order valence-corrected chi connectivity index (χ4v) is 2.01. The van der Waals surface area contributed by atoms with Crippen LogP contribution in [0.25, 0.3) is 10.4 Å². The quantitative estimate of drug-likeness (QED) is 0.209. The average Bonchev–Trinajstić information content (AvgIpc) is 2.22. The number of nitrogens with zero attached hydrogens (tertiary/aromatic N) is 3. The van der Waals surface area contributed by atoms with Gasteiger partial charge in [0.15, 0.2) is 0 Å². The van der Waals surface area contributed by atoms with Gasteiger partial charge in [0.25, 0.3) is 0 Å². The zero-order chi connectivity index (χ0) is 13.2. The molecule has 5 atom stereocenters. The molecule has 0 aromatic carbocycles. The Labute approximate surface area is 226 Å². The molecule has 1 fully saturated rings. The Morgan fingerprint density at radius 3 is 2.00 bits per heavy atom. The number of hydrogen-bond acceptors (Lipinski definition) is 5. The minimum absolute atomic E-state index is 0. The number of hydrogen-bond donors (Lipinski definition) is 3. The second-order valence-electron chi connectivity index (χ2n) is 5.32. The predicted molar refractivity (Wildman–Crippen MR) is 60.1 cm³/mol. The zero-order valence-electron chi connectivity index (χ0n) is 11.9. The summed E-state index contributed by atoms with van der Waals surface area (Å²) >= 11 is 0. The van der Waals surface area contributed by atoms with E-state index in [1.807, 2.05) is 20.8 Å². The molecule has 20 heavy (non-hydrogen) atoms. The molecule has 107 valence electrons. The van der Waals surface area contributed by atoms with Gasteiger partial charge in [0.05, 0.1) is 31.0 Å². The molecule has 1 saturated heterocycles. The molecule has 0 spiro atoms. The summed E-state index contributed by atoms with van der Waals surface area (Å²) in [5.74, 6) is 0. The number of aliphatic hydroxyl groups is 3. The summed E-state index contributed by atoms with van der Waals surface area (Å²) in [6, 6.07) is -1.00. The van der Waals surface area contributed by atoms with Gasteiger partial charge in [0.2, 0.25) is 0 Å². The summed E-state index contributed by atoms with van der Waals surface area (Å²) in [6.07, 6.45) is -3.76. The molecule has 1 heterocycles. The number of ether oxygens (including phenoxy) is 1. The van der Waals surface area contributed by atoms with Crippen molar-refractivity contribution in [1.82, 2.24) is 0 Å². The van der Waals surface area contributed by atoms with Crippen molar-refractivity contribution < 1.29 is 152 Å². The molecule has 0 aliphatic carbocycles. The Morgan fingerprint density at radius 2 is 1.65 bits per heavy atom. The van der Waals surface area contributed by atoms with E-state index >= 15 is 0 Å². The largest absolute Gasteiger partial charge is 0.394 e. The summed E-state index contributed by atoms with van der Waals surface area (Å²) in [5.41, 5.74) is 8.04. The Kier molecular flexibility index (Phi) is 18.1. The van der Waals surface area contributed by atoms with Gasteiger partial charge in [-0.15, -0.1) is 0 Å². The van der Waals surface area contributed by atoms with Crippen molar-refractivity contribution in [3.63, 3.8) is 0 Å². The van der Waals surface area contributed by atoms with E-state index in [0.29, 0.717) is 0 Å². The van der Waals surface area contributed by atoms with Crippen LogP contribution >= 0.6 is 0 Å². The van der Waals surface area contributed by atoms with Crippen molar-refractivity contribution in [2.45, 2.75) is 51.2 Å². The van der Waals surface area contributed by atoms with Crippen LogP contribution in [0.2, 0.25) is 0 Å². The van der Waals surface area contributed by atoms with Gasteiger partial charge in [-0.3, -0.25) is 0 Å². The second kappa shape index (κ2) is 12.8. The normalized spacial score (nSPS) is 32.8. The fourth-order valence-electron chi connectivity index (χ4n) is 2.01. The monoisotopic (exact) mass is 926 g/mol. The third-order valence-electron chi connectivity index (χ3n) is 2.93. The first kappa shape index (κ1) is 28.3. The van der Waals surface area contributed by atoms with Gasteiger partial charge in [0, 0.05) is 137 Å². The van der Waals surface area contributed by atoms with Gasteiger partial charge in [0.1, 0.15) is 6.10 Å². The van der Waals surface area contributed by atoms with Crippen molar-refractivity contribution in [2.75, 3.05) is 6.61 Å². The first-order chi connectivity index (χ1) is 7.82. The molecule has 3 radical (unpaired) electrons. The van der Waals surface area contributed by atoms with Gasteiger partial charge in [-0.25, -0.2) is 0 Å². The van der Waals surface area contributed by atoms with Gasteiger partial charge < -0.3 is 20.1 Å². The summed E-state index contributed by atoms with van der Waals surface area (Å²) < 4.78 is 5.47. The van der Waals surface area contributed by atoms with Crippen molar-refractivity contribution in [3.05, 3.63) is 10.4 Å². The van der Waals surface area contributed by atoms with Crippen LogP contribution < -0.4 is 0 Å². The first-order valence-electron chi connectivity index (χ1n) is 5.49. The van der Waals surface area contributed by atoms with Crippen LogP contribution in [-0.4, -0.2) is 52.4 Å². The Hall–Kier alpha value is 3.47. The minimum atomic E-state index is -1.20. The van der Waals surface area contributed by atoms with E-state index < -0.39 is 42.5 Å². The maximum absolute atomic E-state index is 10.0. The molecule has 3 N–H and O–H groups in total. The van der Waals surface area contributed by atoms with E-state index in [1.54, 1.807) is 0 Å². The minimum Gasteiger partial charge on any atom is -0.394 e. The standard InChI is InChI=1S/C10H19N3O4.3Ac/c1-10(2,3)9-8(16)6(12-13-11)7(15)5(4-14)17-9;;;/h5-9,14-16H,4H2,1-3H3;;;/t5-,6+,7-,8-,9-;;;/m1.../s1. The Morgan fingerprint density at radius 1 is 1.15 bits per heavy atom. The summed E-state index contributed by atoms with van der Waals surface area (Å²) in [5, 5.41) is 32.4. The molecule has 0 unspecified atom stereocenters. The van der Waals surface area contributed by atoms with Crippen LogP contribution in [0.15, 0.2) is 5.11 Å². The number of azide groups is 1. The molecular formula is C10H19Ac3N3O4.